The first-order valence-corrected chi connectivity index (χ1v) is 6.49. The number of carbonyl (C=O) groups is 1. The van der Waals surface area contributed by atoms with Crippen molar-refractivity contribution in [2.45, 2.75) is 32.4 Å². The van der Waals surface area contributed by atoms with E-state index in [0.717, 1.165) is 24.2 Å². The molecule has 1 unspecified atom stereocenters. The average Bonchev–Trinajstić information content (AvgIpc) is 2.70. The lowest BCUT2D eigenvalue weighted by atomic mass is 10.1. The first-order valence-electron chi connectivity index (χ1n) is 6.49. The highest BCUT2D eigenvalue weighted by molar-refractivity contribution is 5.75. The Labute approximate surface area is 112 Å². The number of nitrogens with zero attached hydrogens (tertiary/aromatic N) is 1. The summed E-state index contributed by atoms with van der Waals surface area (Å²) in [6.45, 7) is 4.91. The summed E-state index contributed by atoms with van der Waals surface area (Å²) in [4.78, 5) is 13.2. The molecular weight excluding hydrogens is 247 g/mol. The fourth-order valence-electron chi connectivity index (χ4n) is 2.43. The summed E-state index contributed by atoms with van der Waals surface area (Å²) in [5.41, 5.74) is 1.90. The predicted molar refractivity (Wildman–Crippen MR) is 72.0 cm³/mol. The van der Waals surface area contributed by atoms with Crippen molar-refractivity contribution in [2.75, 3.05) is 18.0 Å². The molecule has 0 fully saturated rings. The molecule has 1 aliphatic heterocycles. The predicted octanol–water partition coefficient (Wildman–Crippen LogP) is 1.64. The Kier molecular flexibility index (Phi) is 4.04. The number of fused-ring (bicyclic) bond motifs is 1. The largest absolute Gasteiger partial charge is 0.480 e. The van der Waals surface area contributed by atoms with Gasteiger partial charge in [0.2, 0.25) is 0 Å². The van der Waals surface area contributed by atoms with Crippen LogP contribution in [0.1, 0.15) is 19.4 Å². The molecule has 2 N–H and O–H groups in total. The third-order valence-corrected chi connectivity index (χ3v) is 3.27. The number of hydrogen-bond acceptors (Lipinski definition) is 3. The molecule has 1 atom stereocenters. The average molecular weight is 266 g/mol. The molecule has 0 spiro atoms. The van der Waals surface area contributed by atoms with Crippen LogP contribution in [0.4, 0.5) is 10.1 Å². The zero-order valence-corrected chi connectivity index (χ0v) is 11.2. The number of aliphatic carboxylic acids is 1. The van der Waals surface area contributed by atoms with Crippen molar-refractivity contribution in [3.63, 3.8) is 0 Å². The summed E-state index contributed by atoms with van der Waals surface area (Å²) in [5.74, 6) is -1.16. The molecule has 1 aromatic rings. The van der Waals surface area contributed by atoms with E-state index in [9.17, 15) is 14.3 Å². The van der Waals surface area contributed by atoms with E-state index in [-0.39, 0.29) is 11.9 Å². The van der Waals surface area contributed by atoms with Gasteiger partial charge in [-0.3, -0.25) is 4.79 Å². The van der Waals surface area contributed by atoms with E-state index in [1.807, 2.05) is 18.7 Å². The van der Waals surface area contributed by atoms with Crippen LogP contribution in [0.5, 0.6) is 0 Å². The number of anilines is 1. The van der Waals surface area contributed by atoms with Gasteiger partial charge in [-0.1, -0.05) is 19.9 Å². The third-order valence-electron chi connectivity index (χ3n) is 3.27. The van der Waals surface area contributed by atoms with Gasteiger partial charge in [0.1, 0.15) is 11.9 Å². The molecule has 5 heteroatoms. The summed E-state index contributed by atoms with van der Waals surface area (Å²) in [7, 11) is 0. The first kappa shape index (κ1) is 13.8. The van der Waals surface area contributed by atoms with E-state index >= 15 is 0 Å². The third kappa shape index (κ3) is 3.23. The van der Waals surface area contributed by atoms with Crippen LogP contribution in [0.2, 0.25) is 0 Å². The van der Waals surface area contributed by atoms with Gasteiger partial charge in [0.15, 0.2) is 0 Å². The summed E-state index contributed by atoms with van der Waals surface area (Å²) in [5, 5.41) is 12.2. The van der Waals surface area contributed by atoms with Gasteiger partial charge in [0.25, 0.3) is 0 Å². The second kappa shape index (κ2) is 5.57. The smallest absolute Gasteiger partial charge is 0.322 e. The topological polar surface area (TPSA) is 52.6 Å². The van der Waals surface area contributed by atoms with Crippen molar-refractivity contribution in [2.24, 2.45) is 0 Å². The number of nitrogens with one attached hydrogen (secondary N) is 1. The number of benzene rings is 1. The minimum absolute atomic E-state index is 0.0932. The highest BCUT2D eigenvalue weighted by Crippen LogP contribution is 2.28. The van der Waals surface area contributed by atoms with Crippen molar-refractivity contribution in [1.29, 1.82) is 0 Å². The van der Waals surface area contributed by atoms with E-state index in [1.165, 1.54) is 12.1 Å². The van der Waals surface area contributed by atoms with E-state index in [0.29, 0.717) is 6.54 Å². The van der Waals surface area contributed by atoms with Crippen molar-refractivity contribution < 1.29 is 14.3 Å². The molecular formula is C14H19FN2O2. The number of hydrogen-bond donors (Lipinski definition) is 2. The van der Waals surface area contributed by atoms with Gasteiger partial charge in [0.05, 0.1) is 0 Å². The van der Waals surface area contributed by atoms with Crippen LogP contribution in [0.3, 0.4) is 0 Å². The molecule has 0 bridgehead atoms. The summed E-state index contributed by atoms with van der Waals surface area (Å²) in [6.07, 6.45) is 0.837. The molecule has 0 amide bonds. The van der Waals surface area contributed by atoms with Crippen molar-refractivity contribution >= 4 is 11.7 Å². The van der Waals surface area contributed by atoms with Gasteiger partial charge in [-0.15, -0.1) is 0 Å². The minimum Gasteiger partial charge on any atom is -0.480 e. The zero-order valence-electron chi connectivity index (χ0n) is 11.2. The molecule has 4 nitrogen and oxygen atoms in total. The van der Waals surface area contributed by atoms with Gasteiger partial charge < -0.3 is 15.3 Å². The molecule has 1 heterocycles. The van der Waals surface area contributed by atoms with E-state index in [1.54, 1.807) is 6.07 Å². The Morgan fingerprint density at radius 1 is 1.53 bits per heavy atom. The molecule has 104 valence electrons. The van der Waals surface area contributed by atoms with Gasteiger partial charge in [-0.2, -0.15) is 0 Å². The van der Waals surface area contributed by atoms with Crippen molar-refractivity contribution in [1.82, 2.24) is 5.32 Å². The standard InChI is InChI=1S/C14H19FN2O2/c1-9(2)16-12(14(18)19)8-17-6-5-10-3-4-11(15)7-13(10)17/h3-4,7,9,12,16H,5-6,8H2,1-2H3,(H,18,19). The molecule has 0 saturated heterocycles. The van der Waals surface area contributed by atoms with Crippen LogP contribution in [0, 0.1) is 5.82 Å². The Morgan fingerprint density at radius 2 is 2.26 bits per heavy atom. The van der Waals surface area contributed by atoms with Crippen LogP contribution in [-0.4, -0.2) is 36.2 Å². The summed E-state index contributed by atoms with van der Waals surface area (Å²) in [6, 6.07) is 4.15. The molecule has 1 aromatic carbocycles. The van der Waals surface area contributed by atoms with E-state index in [4.69, 9.17) is 0 Å². The van der Waals surface area contributed by atoms with Crippen molar-refractivity contribution in [3.05, 3.63) is 29.6 Å². The van der Waals surface area contributed by atoms with Gasteiger partial charge in [0, 0.05) is 24.8 Å². The maximum absolute atomic E-state index is 13.3. The monoisotopic (exact) mass is 266 g/mol. The van der Waals surface area contributed by atoms with Crippen LogP contribution < -0.4 is 10.2 Å². The summed E-state index contributed by atoms with van der Waals surface area (Å²) >= 11 is 0. The lowest BCUT2D eigenvalue weighted by Gasteiger charge is -2.25. The number of carboxylic acid groups (broad SMARTS) is 1. The van der Waals surface area contributed by atoms with Gasteiger partial charge >= 0.3 is 5.97 Å². The minimum atomic E-state index is -0.876. The molecule has 0 aliphatic carbocycles. The molecule has 1 aliphatic rings. The van der Waals surface area contributed by atoms with E-state index in [2.05, 4.69) is 5.32 Å². The number of carboxylic acids is 1. The summed E-state index contributed by atoms with van der Waals surface area (Å²) < 4.78 is 13.3. The Hall–Kier alpha value is -1.62. The SMILES string of the molecule is CC(C)NC(CN1CCc2ccc(F)cc21)C(=O)O. The zero-order chi connectivity index (χ0) is 14.0. The fraction of sp³-hybridized carbons (Fsp3) is 0.500. The first-order chi connectivity index (χ1) is 8.97. The fourth-order valence-corrected chi connectivity index (χ4v) is 2.43. The molecule has 2 rings (SSSR count). The quantitative estimate of drug-likeness (QED) is 0.850. The Balaban J connectivity index is 2.12. The second-order valence-corrected chi connectivity index (χ2v) is 5.18. The molecule has 0 saturated carbocycles. The molecule has 0 aromatic heterocycles. The maximum Gasteiger partial charge on any atom is 0.322 e. The van der Waals surface area contributed by atoms with E-state index < -0.39 is 12.0 Å². The van der Waals surface area contributed by atoms with Crippen molar-refractivity contribution in [3.8, 4) is 0 Å². The molecule has 0 radical (unpaired) electrons. The van der Waals surface area contributed by atoms with Crippen LogP contribution in [0.15, 0.2) is 18.2 Å². The Morgan fingerprint density at radius 3 is 2.89 bits per heavy atom. The lowest BCUT2D eigenvalue weighted by Crippen LogP contribution is -2.48. The number of halogens is 1. The Bertz CT molecular complexity index is 477. The number of rotatable bonds is 5. The lowest BCUT2D eigenvalue weighted by molar-refractivity contribution is -0.139. The highest BCUT2D eigenvalue weighted by Gasteiger charge is 2.26. The maximum atomic E-state index is 13.3. The van der Waals surface area contributed by atoms with Crippen LogP contribution in [-0.2, 0) is 11.2 Å². The van der Waals surface area contributed by atoms with Crippen LogP contribution >= 0.6 is 0 Å². The second-order valence-electron chi connectivity index (χ2n) is 5.18. The van der Waals surface area contributed by atoms with Gasteiger partial charge in [-0.05, 0) is 24.1 Å². The van der Waals surface area contributed by atoms with Gasteiger partial charge in [-0.25, -0.2) is 4.39 Å². The molecule has 19 heavy (non-hydrogen) atoms. The normalized spacial score (nSPS) is 15.7. The van der Waals surface area contributed by atoms with Crippen LogP contribution in [0.25, 0.3) is 0 Å². The highest BCUT2D eigenvalue weighted by atomic mass is 19.1.